The summed E-state index contributed by atoms with van der Waals surface area (Å²) < 4.78 is -0.0321. The Balaban J connectivity index is 3.60. The van der Waals surface area contributed by atoms with Gasteiger partial charge in [-0.3, -0.25) is 0 Å². The van der Waals surface area contributed by atoms with Crippen molar-refractivity contribution in [2.24, 2.45) is 0 Å². The van der Waals surface area contributed by atoms with E-state index in [0.717, 1.165) is 0 Å². The molecule has 4 N–H and O–H groups in total. The van der Waals surface area contributed by atoms with Gasteiger partial charge in [0.05, 0.1) is 0 Å². The molecule has 4 nitrogen and oxygen atoms in total. The summed E-state index contributed by atoms with van der Waals surface area (Å²) in [5, 5.41) is 36.4. The second-order valence-corrected chi connectivity index (χ2v) is 3.13. The maximum Gasteiger partial charge on any atom is 0.201 e. The van der Waals surface area contributed by atoms with Crippen LogP contribution in [-0.2, 0) is 0 Å². The maximum atomic E-state index is 9.21. The summed E-state index contributed by atoms with van der Waals surface area (Å²) in [7, 11) is 1.41. The quantitative estimate of drug-likeness (QED) is 0.277. The van der Waals surface area contributed by atoms with Gasteiger partial charge < -0.3 is 20.4 Å². The molecular formula is C6H6BBrO4. The summed E-state index contributed by atoms with van der Waals surface area (Å²) in [6.45, 7) is 0. The van der Waals surface area contributed by atoms with E-state index >= 15 is 0 Å². The van der Waals surface area contributed by atoms with Crippen LogP contribution in [0, 0.1) is 0 Å². The average molecular weight is 233 g/mol. The molecule has 0 saturated carbocycles. The number of halogens is 1. The van der Waals surface area contributed by atoms with Gasteiger partial charge in [-0.2, -0.15) is 0 Å². The van der Waals surface area contributed by atoms with E-state index in [0.29, 0.717) is 0 Å². The Labute approximate surface area is 77.6 Å². The lowest BCUT2D eigenvalue weighted by Gasteiger charge is -2.08. The molecule has 0 radical (unpaired) electrons. The minimum Gasteiger partial charge on any atom is -0.507 e. The van der Waals surface area contributed by atoms with E-state index in [1.165, 1.54) is 7.85 Å². The van der Waals surface area contributed by atoms with Crippen LogP contribution in [0.5, 0.6) is 23.0 Å². The van der Waals surface area contributed by atoms with E-state index in [4.69, 9.17) is 15.3 Å². The molecule has 0 bridgehead atoms. The highest BCUT2D eigenvalue weighted by Crippen LogP contribution is 2.43. The molecule has 6 heteroatoms. The second kappa shape index (κ2) is 2.78. The molecule has 0 unspecified atom stereocenters. The van der Waals surface area contributed by atoms with E-state index in [-0.39, 0.29) is 15.7 Å². The van der Waals surface area contributed by atoms with Crippen molar-refractivity contribution in [3.63, 3.8) is 0 Å². The molecule has 0 fully saturated rings. The Morgan fingerprint density at radius 1 is 0.833 bits per heavy atom. The molecule has 0 aliphatic carbocycles. The SMILES string of the molecule is Bc1c(O)c(O)c(O)c(Br)c1O. The van der Waals surface area contributed by atoms with Crippen molar-refractivity contribution in [3.8, 4) is 23.0 Å². The standard InChI is InChI=1S/C6H6BBrO4/c7-1-3(9)2(8)5(11)6(12)4(1)10/h9-12H,7H2. The molecule has 1 rings (SSSR count). The third-order valence-electron chi connectivity index (χ3n) is 1.57. The Bertz CT molecular complexity index is 234. The first-order valence-corrected chi connectivity index (χ1v) is 3.88. The van der Waals surface area contributed by atoms with Crippen LogP contribution in [0.2, 0.25) is 0 Å². The van der Waals surface area contributed by atoms with Crippen LogP contribution in [0.1, 0.15) is 0 Å². The number of hydrogen-bond donors (Lipinski definition) is 4. The van der Waals surface area contributed by atoms with Crippen LogP contribution < -0.4 is 5.46 Å². The van der Waals surface area contributed by atoms with Crippen molar-refractivity contribution in [2.45, 2.75) is 0 Å². The lowest BCUT2D eigenvalue weighted by Crippen LogP contribution is -2.04. The summed E-state index contributed by atoms with van der Waals surface area (Å²) in [6, 6.07) is 0. The Kier molecular flexibility index (Phi) is 2.10. The van der Waals surface area contributed by atoms with Crippen LogP contribution >= 0.6 is 15.9 Å². The summed E-state index contributed by atoms with van der Waals surface area (Å²) >= 11 is 2.84. The molecule has 64 valence electrons. The predicted octanol–water partition coefficient (Wildman–Crippen LogP) is -0.470. The van der Waals surface area contributed by atoms with Crippen LogP contribution in [-0.4, -0.2) is 28.3 Å². The van der Waals surface area contributed by atoms with E-state index in [2.05, 4.69) is 15.9 Å². The minimum atomic E-state index is -0.642. The van der Waals surface area contributed by atoms with Gasteiger partial charge in [0, 0.05) is 0 Å². The zero-order valence-electron chi connectivity index (χ0n) is 6.17. The maximum absolute atomic E-state index is 9.21. The number of hydrogen-bond acceptors (Lipinski definition) is 4. The highest BCUT2D eigenvalue weighted by Gasteiger charge is 2.18. The van der Waals surface area contributed by atoms with Crippen LogP contribution in [0.4, 0.5) is 0 Å². The number of phenols is 4. The number of benzene rings is 1. The van der Waals surface area contributed by atoms with E-state index < -0.39 is 17.2 Å². The van der Waals surface area contributed by atoms with Crippen molar-refractivity contribution >= 4 is 29.2 Å². The van der Waals surface area contributed by atoms with Crippen molar-refractivity contribution in [1.82, 2.24) is 0 Å². The number of aromatic hydroxyl groups is 4. The highest BCUT2D eigenvalue weighted by atomic mass is 79.9. The van der Waals surface area contributed by atoms with Gasteiger partial charge in [-0.15, -0.1) is 0 Å². The van der Waals surface area contributed by atoms with Crippen LogP contribution in [0.25, 0.3) is 0 Å². The molecule has 0 aromatic heterocycles. The monoisotopic (exact) mass is 232 g/mol. The number of rotatable bonds is 0. The van der Waals surface area contributed by atoms with Crippen molar-refractivity contribution in [3.05, 3.63) is 4.47 Å². The first-order valence-electron chi connectivity index (χ1n) is 3.08. The summed E-state index contributed by atoms with van der Waals surface area (Å²) in [4.78, 5) is 0. The van der Waals surface area contributed by atoms with E-state index in [1.807, 2.05) is 0 Å². The number of phenolic OH excluding ortho intramolecular Hbond substituents is 4. The van der Waals surface area contributed by atoms with Gasteiger partial charge in [0.15, 0.2) is 11.5 Å². The Morgan fingerprint density at radius 2 is 1.33 bits per heavy atom. The van der Waals surface area contributed by atoms with Gasteiger partial charge in [-0.25, -0.2) is 0 Å². The molecular weight excluding hydrogens is 227 g/mol. The molecule has 0 saturated heterocycles. The lowest BCUT2D eigenvalue weighted by atomic mass is 9.93. The van der Waals surface area contributed by atoms with Gasteiger partial charge in [-0.1, -0.05) is 0 Å². The van der Waals surface area contributed by atoms with Crippen molar-refractivity contribution < 1.29 is 20.4 Å². The molecule has 0 atom stereocenters. The topological polar surface area (TPSA) is 80.9 Å². The highest BCUT2D eigenvalue weighted by molar-refractivity contribution is 9.10. The third kappa shape index (κ3) is 1.08. The molecule has 12 heavy (non-hydrogen) atoms. The zero-order valence-corrected chi connectivity index (χ0v) is 7.75. The van der Waals surface area contributed by atoms with Crippen LogP contribution in [0.15, 0.2) is 4.47 Å². The smallest absolute Gasteiger partial charge is 0.201 e. The summed E-state index contributed by atoms with van der Waals surface area (Å²) in [5.41, 5.74) is 0.108. The summed E-state index contributed by atoms with van der Waals surface area (Å²) in [5.74, 6) is -2.02. The molecule has 0 amide bonds. The van der Waals surface area contributed by atoms with Crippen LogP contribution in [0.3, 0.4) is 0 Å². The predicted molar refractivity (Wildman–Crippen MR) is 49.0 cm³/mol. The third-order valence-corrected chi connectivity index (χ3v) is 2.33. The van der Waals surface area contributed by atoms with Gasteiger partial charge in [-0.05, 0) is 21.4 Å². The summed E-state index contributed by atoms with van der Waals surface area (Å²) in [6.07, 6.45) is 0. The second-order valence-electron chi connectivity index (χ2n) is 2.33. The van der Waals surface area contributed by atoms with Gasteiger partial charge in [0.1, 0.15) is 18.1 Å². The molecule has 1 aromatic rings. The van der Waals surface area contributed by atoms with E-state index in [9.17, 15) is 5.11 Å². The van der Waals surface area contributed by atoms with E-state index in [1.54, 1.807) is 0 Å². The molecule has 0 aliphatic heterocycles. The first-order chi connectivity index (χ1) is 5.46. The molecule has 0 spiro atoms. The zero-order chi connectivity index (χ0) is 9.46. The molecule has 0 aliphatic rings. The minimum absolute atomic E-state index is 0.0321. The Morgan fingerprint density at radius 3 is 1.83 bits per heavy atom. The van der Waals surface area contributed by atoms with Gasteiger partial charge >= 0.3 is 0 Å². The molecule has 0 heterocycles. The molecule has 1 aromatic carbocycles. The van der Waals surface area contributed by atoms with Gasteiger partial charge in [0.2, 0.25) is 5.75 Å². The fourth-order valence-corrected chi connectivity index (χ4v) is 1.27. The van der Waals surface area contributed by atoms with Crippen molar-refractivity contribution in [1.29, 1.82) is 0 Å². The normalized spacial score (nSPS) is 10.1. The fraction of sp³-hybridized carbons (Fsp3) is 0. The largest absolute Gasteiger partial charge is 0.507 e. The fourth-order valence-electron chi connectivity index (χ4n) is 0.783. The van der Waals surface area contributed by atoms with Crippen molar-refractivity contribution in [2.75, 3.05) is 0 Å². The average Bonchev–Trinajstić information content (AvgIpc) is 2.08. The Hall–Kier alpha value is -1.04. The lowest BCUT2D eigenvalue weighted by molar-refractivity contribution is 0.362. The van der Waals surface area contributed by atoms with Gasteiger partial charge in [0.25, 0.3) is 0 Å². The first kappa shape index (κ1) is 9.06.